The lowest BCUT2D eigenvalue weighted by atomic mass is 9.33. The molecule has 30 heteroatoms. The Labute approximate surface area is 601 Å². The predicted octanol–water partition coefficient (Wildman–Crippen LogP) is -0.765. The van der Waals surface area contributed by atoms with Crippen molar-refractivity contribution in [2.45, 2.75) is 330 Å². The molecule has 0 aromatic heterocycles. The first-order chi connectivity index (χ1) is 48.2. The highest BCUT2D eigenvalue weighted by Crippen LogP contribution is 2.76. The number of aliphatic carboxylic acids is 1. The summed E-state index contributed by atoms with van der Waals surface area (Å²) in [4.78, 5) is 29.7. The van der Waals surface area contributed by atoms with Gasteiger partial charge in [-0.05, 0) is 123 Å². The minimum absolute atomic E-state index is 0.0787. The molecular formula is C73H118O30. The van der Waals surface area contributed by atoms with Crippen LogP contribution in [0.1, 0.15) is 147 Å². The highest BCUT2D eigenvalue weighted by Gasteiger charge is 2.74. The second-order valence-electron chi connectivity index (χ2n) is 35.3. The van der Waals surface area contributed by atoms with Crippen molar-refractivity contribution in [3.63, 3.8) is 0 Å². The highest BCUT2D eigenvalue weighted by molar-refractivity contribution is 5.88. The summed E-state index contributed by atoms with van der Waals surface area (Å²) in [7, 11) is 2.72. The number of aliphatic hydroxyl groups is 14. The number of carboxylic acid groups (broad SMARTS) is 1. The van der Waals surface area contributed by atoms with Gasteiger partial charge in [0.15, 0.2) is 31.3 Å². The van der Waals surface area contributed by atoms with E-state index in [2.05, 4.69) is 40.7 Å². The summed E-state index contributed by atoms with van der Waals surface area (Å²) < 4.78 is 81.6. The van der Waals surface area contributed by atoms with Gasteiger partial charge in [-0.2, -0.15) is 0 Å². The number of rotatable bonds is 18. The molecular weight excluding hydrogens is 1360 g/mol. The van der Waals surface area contributed by atoms with E-state index >= 15 is 4.79 Å². The van der Waals surface area contributed by atoms with Crippen molar-refractivity contribution >= 4 is 11.8 Å². The van der Waals surface area contributed by atoms with E-state index in [-0.39, 0.29) is 55.3 Å². The molecule has 0 amide bonds. The number of allylic oxidation sites excluding steroid dienone is 2. The molecule has 7 aliphatic heterocycles. The number of Topliss-reactive ketones (excluding diaryl/α,β-unsaturated/α-hetero) is 1. The van der Waals surface area contributed by atoms with Crippen LogP contribution < -0.4 is 0 Å². The van der Waals surface area contributed by atoms with Crippen LogP contribution in [0.2, 0.25) is 0 Å². The third-order valence-corrected chi connectivity index (χ3v) is 28.4. The van der Waals surface area contributed by atoms with Gasteiger partial charge in [-0.15, -0.1) is 0 Å². The number of fused-ring (bicyclic) bond motifs is 10. The van der Waals surface area contributed by atoms with Gasteiger partial charge in [0.1, 0.15) is 121 Å². The molecule has 12 fully saturated rings. The number of carbonyl (C=O) groups excluding carboxylic acids is 1. The van der Waals surface area contributed by atoms with E-state index in [9.17, 15) is 81.4 Å². The van der Waals surface area contributed by atoms with Gasteiger partial charge < -0.3 is 138 Å². The Morgan fingerprint density at radius 1 is 0.592 bits per heavy atom. The fourth-order valence-electron chi connectivity index (χ4n) is 22.0. The molecule has 0 radical (unpaired) electrons. The van der Waals surface area contributed by atoms with Crippen molar-refractivity contribution in [1.29, 1.82) is 0 Å². The van der Waals surface area contributed by atoms with E-state index in [0.29, 0.717) is 44.9 Å². The van der Waals surface area contributed by atoms with E-state index in [1.807, 2.05) is 27.7 Å². The zero-order valence-electron chi connectivity index (χ0n) is 61.6. The molecule has 5 saturated carbocycles. The number of ether oxygens (including phenoxy) is 13. The summed E-state index contributed by atoms with van der Waals surface area (Å²) >= 11 is 0. The van der Waals surface area contributed by atoms with Gasteiger partial charge in [0.25, 0.3) is 0 Å². The van der Waals surface area contributed by atoms with Crippen LogP contribution in [0.5, 0.6) is 0 Å². The normalized spacial score (nSPS) is 54.2. The average molecular weight is 1480 g/mol. The molecule has 13 rings (SSSR count). The molecule has 6 aliphatic carbocycles. The molecule has 0 aromatic carbocycles. The lowest BCUT2D eigenvalue weighted by Crippen LogP contribution is -2.78. The van der Waals surface area contributed by atoms with Crippen molar-refractivity contribution < 1.29 is 148 Å². The topological polar surface area (TPSA) is 458 Å². The smallest absolute Gasteiger partial charge is 0.335 e. The Morgan fingerprint density at radius 2 is 1.23 bits per heavy atom. The molecule has 7 heterocycles. The van der Waals surface area contributed by atoms with E-state index in [4.69, 9.17) is 61.6 Å². The maximum Gasteiger partial charge on any atom is 0.335 e. The number of methoxy groups -OCH3 is 2. The van der Waals surface area contributed by atoms with E-state index in [1.54, 1.807) is 13.8 Å². The average Bonchev–Trinajstić information content (AvgIpc) is 0.669. The number of ketones is 1. The van der Waals surface area contributed by atoms with Gasteiger partial charge in [0, 0.05) is 38.6 Å². The van der Waals surface area contributed by atoms with Crippen molar-refractivity contribution in [2.24, 2.45) is 61.6 Å². The highest BCUT2D eigenvalue weighted by atomic mass is 16.8. The number of hydrogen-bond donors (Lipinski definition) is 15. The molecule has 15 N–H and O–H groups in total. The number of hydrogen-bond acceptors (Lipinski definition) is 29. The van der Waals surface area contributed by atoms with Crippen LogP contribution in [0.15, 0.2) is 11.6 Å². The number of aliphatic hydroxyl groups excluding tert-OH is 14. The summed E-state index contributed by atoms with van der Waals surface area (Å²) in [5, 5.41) is 170. The predicted molar refractivity (Wildman–Crippen MR) is 354 cm³/mol. The van der Waals surface area contributed by atoms with Crippen molar-refractivity contribution in [3.05, 3.63) is 11.6 Å². The zero-order chi connectivity index (χ0) is 75.3. The monoisotopic (exact) mass is 1470 g/mol. The quantitative estimate of drug-likeness (QED) is 0.0592. The minimum Gasteiger partial charge on any atom is -0.479 e. The standard InChI is InChI=1S/C73H118O30/c1-30-52-48(85)57(101-64-51(88)55(92-13)53(31(2)96-64)99-63-50(87)54(91-12)36(77)28-94-63)60(95-30)73(103-52,66(3,4)5)25-41(79)72-21-20-67(6,7)23-34(72)33-14-15-39-68(8)18-17-42(69(9,29-75)38(68)16-19-70(39,10)71(33,11)24-40(72)78)98-65-59(97-37-22-32(26-74)43(80)46(83)45(37)82)56(49(86)58(102-65)61(89)90)100-62-47(84)44(81)35(76)27-93-62/h14,30-32,34-40,42-60,62-65,74-78,80-88H,15-29H2,1-13H3,(H,89,90)/t30?,31?,32?,34?,35-,36-,37+,38?,39?,40?,42?,43-,44?,45?,46?,47?,48?,49+,50?,51?,52-,53-,54?,55?,56?,57?,58?,59?,60-,62-,63-,64-,65+,68-,69?,70+,71+,72+,73?/m0/s1. The fourth-order valence-corrected chi connectivity index (χ4v) is 22.0. The maximum atomic E-state index is 16.6. The van der Waals surface area contributed by atoms with Crippen molar-refractivity contribution in [3.8, 4) is 0 Å². The molecule has 13 aliphatic rings. The van der Waals surface area contributed by atoms with Crippen molar-refractivity contribution in [1.82, 2.24) is 0 Å². The van der Waals surface area contributed by atoms with E-state index in [1.165, 1.54) is 14.2 Å². The first kappa shape index (κ1) is 80.3. The summed E-state index contributed by atoms with van der Waals surface area (Å²) in [5.74, 6) is -3.69. The summed E-state index contributed by atoms with van der Waals surface area (Å²) in [5.41, 5.74) is -5.73. The van der Waals surface area contributed by atoms with E-state index in [0.717, 1.165) is 5.57 Å². The van der Waals surface area contributed by atoms with Crippen LogP contribution in [0, 0.1) is 61.6 Å². The van der Waals surface area contributed by atoms with Gasteiger partial charge in [0.05, 0.1) is 61.9 Å². The van der Waals surface area contributed by atoms with Gasteiger partial charge >= 0.3 is 5.97 Å². The first-order valence-corrected chi connectivity index (χ1v) is 37.2. The van der Waals surface area contributed by atoms with Crippen LogP contribution in [0.4, 0.5) is 0 Å². The third kappa shape index (κ3) is 13.0. The van der Waals surface area contributed by atoms with Crippen LogP contribution >= 0.6 is 0 Å². The molecule has 39 atom stereocenters. The summed E-state index contributed by atoms with van der Waals surface area (Å²) in [6.07, 6.45) is -35.6. The SMILES string of the molecule is COC1C(O)[C@H](OC2C(O)[C@H]3OC(CC(=O)[C@]45CCC(C)(C)CC4C4=CCC6[C@@]7(C)CCC(O[C@@H]8OC(C(=O)O)[C@H](O)C(O[C@@H]9OC[C@H](O)C(O)C9O)C8O[C@@H]8CC(CO)[C@H](O)C(O)C8O)C(C)(CO)C7CC[C@@]6(C)[C@]4(C)CC5O)(C(C)(C)C)[C@H]2OC3C)OC(C)[C@@H]1O[C@@H]1OC[C@H](O)C(OC)C1O. The van der Waals surface area contributed by atoms with Crippen LogP contribution in [0.25, 0.3) is 0 Å². The minimum atomic E-state index is -2.12. The van der Waals surface area contributed by atoms with Gasteiger partial charge in [0.2, 0.25) is 0 Å². The second kappa shape index (κ2) is 29.2. The number of carbonyl (C=O) groups is 2. The van der Waals surface area contributed by atoms with Crippen molar-refractivity contribution in [2.75, 3.05) is 40.6 Å². The zero-order valence-corrected chi connectivity index (χ0v) is 61.6. The maximum absolute atomic E-state index is 16.6. The lowest BCUT2D eigenvalue weighted by Gasteiger charge is -2.72. The fraction of sp³-hybridized carbons (Fsp3) is 0.945. The molecule has 30 nitrogen and oxygen atoms in total. The van der Waals surface area contributed by atoms with Crippen LogP contribution in [-0.2, 0) is 71.2 Å². The summed E-state index contributed by atoms with van der Waals surface area (Å²) in [6, 6.07) is 0. The summed E-state index contributed by atoms with van der Waals surface area (Å²) in [6.45, 7) is 20.6. The Balaban J connectivity index is 0.821. The molecule has 7 saturated heterocycles. The molecule has 0 aromatic rings. The molecule has 23 unspecified atom stereocenters. The molecule has 2 bridgehead atoms. The third-order valence-electron chi connectivity index (χ3n) is 28.4. The first-order valence-electron chi connectivity index (χ1n) is 37.2. The van der Waals surface area contributed by atoms with Gasteiger partial charge in [-0.1, -0.05) is 74.0 Å². The van der Waals surface area contributed by atoms with Crippen LogP contribution in [0.3, 0.4) is 0 Å². The largest absolute Gasteiger partial charge is 0.479 e. The molecule has 0 spiro atoms. The molecule has 103 heavy (non-hydrogen) atoms. The molecule has 590 valence electrons. The lowest BCUT2D eigenvalue weighted by molar-refractivity contribution is -0.410. The Bertz CT molecular complexity index is 3030. The van der Waals surface area contributed by atoms with Gasteiger partial charge in [-0.3, -0.25) is 4.79 Å². The Kier molecular flexibility index (Phi) is 22.7. The second-order valence-corrected chi connectivity index (χ2v) is 35.3. The van der Waals surface area contributed by atoms with Crippen LogP contribution in [-0.4, -0.2) is 312 Å². The van der Waals surface area contributed by atoms with E-state index < -0.39 is 253 Å². The Hall–Kier alpha value is -2.20. The Morgan fingerprint density at radius 3 is 1.87 bits per heavy atom. The number of carboxylic acids is 1. The van der Waals surface area contributed by atoms with Gasteiger partial charge in [-0.25, -0.2) is 4.79 Å².